The lowest BCUT2D eigenvalue weighted by atomic mass is 10.1. The van der Waals surface area contributed by atoms with E-state index < -0.39 is 10.0 Å². The highest BCUT2D eigenvalue weighted by atomic mass is 32.2. The molecule has 1 aliphatic rings. The minimum atomic E-state index is -3.43. The van der Waals surface area contributed by atoms with Crippen LogP contribution >= 0.6 is 23.5 Å². The first kappa shape index (κ1) is 20.8. The second kappa shape index (κ2) is 10.6. The third-order valence-electron chi connectivity index (χ3n) is 3.96. The standard InChI is InChI=1S/C18H27NO3S3/c1-15-7-9-17(10-8-15)25(21,22)19-11-2-5-16(6-3-12-20)18-23-13-4-14-24-18/h7-10,19-20H,2-6,11-14H2,1H3. The van der Waals surface area contributed by atoms with Crippen LogP contribution in [0.1, 0.15) is 37.7 Å². The fourth-order valence-corrected chi connectivity index (χ4v) is 6.42. The molecule has 140 valence electrons. The van der Waals surface area contributed by atoms with Crippen LogP contribution in [0.15, 0.2) is 39.0 Å². The number of aliphatic hydroxyl groups excluding tert-OH is 1. The number of aliphatic hydroxyl groups is 1. The third-order valence-corrected chi connectivity index (χ3v) is 8.23. The topological polar surface area (TPSA) is 66.4 Å². The molecule has 0 spiro atoms. The van der Waals surface area contributed by atoms with Gasteiger partial charge in [0.25, 0.3) is 0 Å². The predicted octanol–water partition coefficient (Wildman–Crippen LogP) is 3.91. The summed E-state index contributed by atoms with van der Waals surface area (Å²) in [5.74, 6) is 2.32. The molecule has 1 fully saturated rings. The van der Waals surface area contributed by atoms with Gasteiger partial charge >= 0.3 is 0 Å². The summed E-state index contributed by atoms with van der Waals surface area (Å²) in [5, 5.41) is 9.11. The van der Waals surface area contributed by atoms with Gasteiger partial charge in [0.2, 0.25) is 10.0 Å². The smallest absolute Gasteiger partial charge is 0.240 e. The van der Waals surface area contributed by atoms with E-state index in [0.717, 1.165) is 42.8 Å². The minimum absolute atomic E-state index is 0.201. The highest BCUT2D eigenvalue weighted by Crippen LogP contribution is 2.39. The van der Waals surface area contributed by atoms with E-state index >= 15 is 0 Å². The second-order valence-electron chi connectivity index (χ2n) is 6.08. The SMILES string of the molecule is Cc1ccc(S(=O)(=O)NCCCC(CCCO)=C2SCCCS2)cc1. The predicted molar refractivity (Wildman–Crippen MR) is 108 cm³/mol. The molecule has 0 aliphatic carbocycles. The molecule has 25 heavy (non-hydrogen) atoms. The Morgan fingerprint density at radius 2 is 1.76 bits per heavy atom. The van der Waals surface area contributed by atoms with Crippen molar-refractivity contribution in [3.05, 3.63) is 39.6 Å². The van der Waals surface area contributed by atoms with E-state index in [1.165, 1.54) is 16.2 Å². The molecule has 0 amide bonds. The molecule has 0 atom stereocenters. The van der Waals surface area contributed by atoms with E-state index in [1.54, 1.807) is 12.1 Å². The Labute approximate surface area is 159 Å². The molecule has 0 bridgehead atoms. The Morgan fingerprint density at radius 1 is 1.12 bits per heavy atom. The number of rotatable bonds is 9. The summed E-state index contributed by atoms with van der Waals surface area (Å²) < 4.78 is 28.7. The Bertz CT molecular complexity index is 661. The van der Waals surface area contributed by atoms with E-state index in [9.17, 15) is 8.42 Å². The Balaban J connectivity index is 1.87. The van der Waals surface area contributed by atoms with Gasteiger partial charge in [-0.25, -0.2) is 13.1 Å². The van der Waals surface area contributed by atoms with Crippen molar-refractivity contribution in [3.8, 4) is 0 Å². The first-order valence-electron chi connectivity index (χ1n) is 8.68. The van der Waals surface area contributed by atoms with Crippen LogP contribution < -0.4 is 4.72 Å². The van der Waals surface area contributed by atoms with E-state index in [4.69, 9.17) is 5.11 Å². The van der Waals surface area contributed by atoms with Crippen molar-refractivity contribution < 1.29 is 13.5 Å². The van der Waals surface area contributed by atoms with Crippen molar-refractivity contribution in [1.29, 1.82) is 0 Å². The third kappa shape index (κ3) is 6.98. The molecule has 0 unspecified atom stereocenters. The zero-order valence-corrected chi connectivity index (χ0v) is 17.1. The van der Waals surface area contributed by atoms with Crippen molar-refractivity contribution in [2.75, 3.05) is 24.7 Å². The van der Waals surface area contributed by atoms with Crippen LogP contribution in [-0.4, -0.2) is 38.2 Å². The molecule has 1 aliphatic heterocycles. The number of sulfonamides is 1. The van der Waals surface area contributed by atoms with Gasteiger partial charge in [-0.15, -0.1) is 23.5 Å². The highest BCUT2D eigenvalue weighted by molar-refractivity contribution is 8.22. The van der Waals surface area contributed by atoms with Crippen molar-refractivity contribution in [2.24, 2.45) is 0 Å². The lowest BCUT2D eigenvalue weighted by Crippen LogP contribution is -2.24. The van der Waals surface area contributed by atoms with Gasteiger partial charge in [0.15, 0.2) is 0 Å². The van der Waals surface area contributed by atoms with Crippen molar-refractivity contribution in [2.45, 2.75) is 43.9 Å². The zero-order chi connectivity index (χ0) is 18.1. The van der Waals surface area contributed by atoms with Crippen LogP contribution in [-0.2, 0) is 10.0 Å². The van der Waals surface area contributed by atoms with Crippen molar-refractivity contribution in [1.82, 2.24) is 4.72 Å². The Kier molecular flexibility index (Phi) is 8.85. The van der Waals surface area contributed by atoms with Crippen LogP contribution in [0.4, 0.5) is 0 Å². The summed E-state index contributed by atoms with van der Waals surface area (Å²) in [4.78, 5) is 0.315. The van der Waals surface area contributed by atoms with Crippen LogP contribution in [0.3, 0.4) is 0 Å². The molecule has 1 aromatic rings. The second-order valence-corrected chi connectivity index (χ2v) is 10.3. The lowest BCUT2D eigenvalue weighted by Gasteiger charge is -2.18. The molecule has 0 aromatic heterocycles. The summed E-state index contributed by atoms with van der Waals surface area (Å²) in [5.41, 5.74) is 2.42. The van der Waals surface area contributed by atoms with Gasteiger partial charge < -0.3 is 5.11 Å². The summed E-state index contributed by atoms with van der Waals surface area (Å²) in [6.07, 6.45) is 4.57. The van der Waals surface area contributed by atoms with Crippen LogP contribution in [0, 0.1) is 6.92 Å². The maximum atomic E-state index is 12.3. The van der Waals surface area contributed by atoms with Gasteiger partial charge in [0.05, 0.1) is 4.90 Å². The number of allylic oxidation sites excluding steroid dienone is 1. The molecule has 0 radical (unpaired) electrons. The lowest BCUT2D eigenvalue weighted by molar-refractivity contribution is 0.288. The first-order valence-corrected chi connectivity index (χ1v) is 12.1. The van der Waals surface area contributed by atoms with Gasteiger partial charge in [0.1, 0.15) is 0 Å². The van der Waals surface area contributed by atoms with Crippen LogP contribution in [0.2, 0.25) is 0 Å². The van der Waals surface area contributed by atoms with E-state index in [0.29, 0.717) is 11.4 Å². The number of thioether (sulfide) groups is 2. The average Bonchev–Trinajstić information content (AvgIpc) is 2.62. The fraction of sp³-hybridized carbons (Fsp3) is 0.556. The van der Waals surface area contributed by atoms with Gasteiger partial charge in [-0.3, -0.25) is 0 Å². The van der Waals surface area contributed by atoms with E-state index in [-0.39, 0.29) is 6.61 Å². The number of aryl methyl sites for hydroxylation is 1. The monoisotopic (exact) mass is 401 g/mol. The maximum absolute atomic E-state index is 12.3. The molecular formula is C18H27NO3S3. The van der Waals surface area contributed by atoms with E-state index in [2.05, 4.69) is 4.72 Å². The molecule has 1 aromatic carbocycles. The number of nitrogens with one attached hydrogen (secondary N) is 1. The molecule has 7 heteroatoms. The fourth-order valence-electron chi connectivity index (χ4n) is 2.57. The average molecular weight is 402 g/mol. The maximum Gasteiger partial charge on any atom is 0.240 e. The molecule has 1 saturated heterocycles. The van der Waals surface area contributed by atoms with Gasteiger partial charge in [0, 0.05) is 17.4 Å². The summed E-state index contributed by atoms with van der Waals surface area (Å²) in [7, 11) is -3.43. The molecule has 2 rings (SSSR count). The van der Waals surface area contributed by atoms with Gasteiger partial charge in [-0.2, -0.15) is 0 Å². The number of benzene rings is 1. The normalized spacial score (nSPS) is 15.4. The van der Waals surface area contributed by atoms with Crippen LogP contribution in [0.5, 0.6) is 0 Å². The molecule has 0 saturated carbocycles. The number of hydrogen-bond donors (Lipinski definition) is 2. The minimum Gasteiger partial charge on any atom is -0.396 e. The molecule has 4 nitrogen and oxygen atoms in total. The Morgan fingerprint density at radius 3 is 2.40 bits per heavy atom. The molecular weight excluding hydrogens is 374 g/mol. The van der Waals surface area contributed by atoms with Gasteiger partial charge in [-0.1, -0.05) is 23.3 Å². The van der Waals surface area contributed by atoms with Crippen molar-refractivity contribution >= 4 is 33.5 Å². The summed E-state index contributed by atoms with van der Waals surface area (Å²) in [6, 6.07) is 6.90. The summed E-state index contributed by atoms with van der Waals surface area (Å²) in [6.45, 7) is 2.57. The van der Waals surface area contributed by atoms with Crippen molar-refractivity contribution in [3.63, 3.8) is 0 Å². The number of hydrogen-bond acceptors (Lipinski definition) is 5. The van der Waals surface area contributed by atoms with Crippen LogP contribution in [0.25, 0.3) is 0 Å². The molecule has 1 heterocycles. The zero-order valence-electron chi connectivity index (χ0n) is 14.7. The molecule has 2 N–H and O–H groups in total. The highest BCUT2D eigenvalue weighted by Gasteiger charge is 2.15. The van der Waals surface area contributed by atoms with E-state index in [1.807, 2.05) is 42.6 Å². The summed E-state index contributed by atoms with van der Waals surface area (Å²) >= 11 is 3.81. The van der Waals surface area contributed by atoms with Gasteiger partial charge in [-0.05, 0) is 62.7 Å². The Hall–Kier alpha value is -0.470. The first-order chi connectivity index (χ1) is 12.0. The quantitative estimate of drug-likeness (QED) is 0.614. The largest absolute Gasteiger partial charge is 0.396 e.